The van der Waals surface area contributed by atoms with E-state index >= 15 is 0 Å². The van der Waals surface area contributed by atoms with Gasteiger partial charge in [0, 0.05) is 18.7 Å². The number of rotatable bonds is 11. The summed E-state index contributed by atoms with van der Waals surface area (Å²) >= 11 is 0. The van der Waals surface area contributed by atoms with E-state index in [-0.39, 0.29) is 5.92 Å². The molecule has 28 heavy (non-hydrogen) atoms. The standard InChI is InChI=1S/C26H37NO/c1-6-8-10-20(3)26(25(19-28)9-7-2)18-27(5)17-23-13-14-24(21(4)15-23)16-22-11-12-22/h7-10,13-15,19-20,22H,6,11-12,16-18H2,1-5H3/b9-7-,10-8-,26-25+. The lowest BCUT2D eigenvalue weighted by Gasteiger charge is -2.23. The predicted octanol–water partition coefficient (Wildman–Crippen LogP) is 6.05. The molecular formula is C26H37NO. The van der Waals surface area contributed by atoms with Crippen molar-refractivity contribution in [3.63, 3.8) is 0 Å². The van der Waals surface area contributed by atoms with Crippen molar-refractivity contribution in [3.8, 4) is 0 Å². The van der Waals surface area contributed by atoms with E-state index in [2.05, 4.69) is 63.1 Å². The van der Waals surface area contributed by atoms with E-state index in [9.17, 15) is 4.79 Å². The number of nitrogens with zero attached hydrogens (tertiary/aromatic N) is 1. The zero-order chi connectivity index (χ0) is 20.5. The summed E-state index contributed by atoms with van der Waals surface area (Å²) in [7, 11) is 2.14. The third-order valence-electron chi connectivity index (χ3n) is 5.56. The number of aryl methyl sites for hydroxylation is 1. The highest BCUT2D eigenvalue weighted by Crippen LogP contribution is 2.33. The summed E-state index contributed by atoms with van der Waals surface area (Å²) in [5, 5.41) is 0. The lowest BCUT2D eigenvalue weighted by molar-refractivity contribution is -0.104. The molecule has 1 aliphatic carbocycles. The van der Waals surface area contributed by atoms with Crippen LogP contribution in [0.25, 0.3) is 0 Å². The van der Waals surface area contributed by atoms with Crippen LogP contribution in [-0.2, 0) is 17.8 Å². The van der Waals surface area contributed by atoms with Gasteiger partial charge in [0.25, 0.3) is 0 Å². The van der Waals surface area contributed by atoms with E-state index in [1.807, 2.05) is 19.1 Å². The SMILES string of the molecule is C/C=C\C(C=O)=C(\CN(C)Cc1ccc(CC2CC2)c(C)c1)C(C)/C=C\CC. The van der Waals surface area contributed by atoms with Crippen LogP contribution in [0.4, 0.5) is 0 Å². The maximum Gasteiger partial charge on any atom is 0.150 e. The van der Waals surface area contributed by atoms with E-state index in [0.717, 1.165) is 37.3 Å². The number of allylic oxidation sites excluding steroid dienone is 5. The Kier molecular flexibility index (Phi) is 8.92. The van der Waals surface area contributed by atoms with Gasteiger partial charge >= 0.3 is 0 Å². The monoisotopic (exact) mass is 379 g/mol. The minimum absolute atomic E-state index is 0.251. The number of hydrogen-bond acceptors (Lipinski definition) is 2. The number of benzene rings is 1. The number of aldehydes is 1. The van der Waals surface area contributed by atoms with Crippen molar-refractivity contribution in [1.29, 1.82) is 0 Å². The molecule has 1 aromatic carbocycles. The number of likely N-dealkylation sites (N-methyl/N-ethyl adjacent to an activating group) is 1. The molecule has 1 atom stereocenters. The van der Waals surface area contributed by atoms with Crippen molar-refractivity contribution in [2.24, 2.45) is 11.8 Å². The third-order valence-corrected chi connectivity index (χ3v) is 5.56. The second-order valence-electron chi connectivity index (χ2n) is 8.30. The van der Waals surface area contributed by atoms with Crippen molar-refractivity contribution in [2.75, 3.05) is 13.6 Å². The van der Waals surface area contributed by atoms with Crippen LogP contribution in [0.15, 0.2) is 53.6 Å². The molecule has 0 radical (unpaired) electrons. The van der Waals surface area contributed by atoms with E-state index < -0.39 is 0 Å². The van der Waals surface area contributed by atoms with Gasteiger partial charge in [0.1, 0.15) is 6.29 Å². The average molecular weight is 380 g/mol. The predicted molar refractivity (Wildman–Crippen MR) is 120 cm³/mol. The molecule has 0 bridgehead atoms. The van der Waals surface area contributed by atoms with Crippen molar-refractivity contribution < 1.29 is 4.79 Å². The van der Waals surface area contributed by atoms with E-state index in [1.165, 1.54) is 41.5 Å². The van der Waals surface area contributed by atoms with Gasteiger partial charge in [-0.05, 0) is 80.7 Å². The van der Waals surface area contributed by atoms with Gasteiger partial charge in [0.15, 0.2) is 0 Å². The molecule has 2 heteroatoms. The second-order valence-corrected chi connectivity index (χ2v) is 8.30. The highest BCUT2D eigenvalue weighted by atomic mass is 16.1. The number of hydrogen-bond donors (Lipinski definition) is 0. The molecule has 0 heterocycles. The van der Waals surface area contributed by atoms with Crippen LogP contribution in [0.1, 0.15) is 56.7 Å². The fourth-order valence-electron chi connectivity index (χ4n) is 3.73. The summed E-state index contributed by atoms with van der Waals surface area (Å²) in [6.45, 7) is 10.2. The van der Waals surface area contributed by atoms with Crippen LogP contribution in [0.5, 0.6) is 0 Å². The largest absolute Gasteiger partial charge is 0.298 e. The molecule has 0 aliphatic heterocycles. The van der Waals surface area contributed by atoms with Gasteiger partial charge < -0.3 is 0 Å². The molecule has 1 saturated carbocycles. The maximum atomic E-state index is 11.7. The van der Waals surface area contributed by atoms with Gasteiger partial charge in [0.2, 0.25) is 0 Å². The van der Waals surface area contributed by atoms with E-state index in [0.29, 0.717) is 0 Å². The quantitative estimate of drug-likeness (QED) is 0.202. The van der Waals surface area contributed by atoms with E-state index in [4.69, 9.17) is 0 Å². The first-order valence-electron chi connectivity index (χ1n) is 10.7. The van der Waals surface area contributed by atoms with Crippen LogP contribution >= 0.6 is 0 Å². The molecule has 1 unspecified atom stereocenters. The molecular weight excluding hydrogens is 342 g/mol. The smallest absolute Gasteiger partial charge is 0.150 e. The molecule has 2 rings (SSSR count). The summed E-state index contributed by atoms with van der Waals surface area (Å²) in [5.74, 6) is 1.17. The molecule has 1 aliphatic rings. The summed E-state index contributed by atoms with van der Waals surface area (Å²) < 4.78 is 0. The highest BCUT2D eigenvalue weighted by Gasteiger charge is 2.22. The minimum Gasteiger partial charge on any atom is -0.298 e. The lowest BCUT2D eigenvalue weighted by Crippen LogP contribution is -2.24. The van der Waals surface area contributed by atoms with Gasteiger partial charge in [-0.15, -0.1) is 0 Å². The van der Waals surface area contributed by atoms with Crippen LogP contribution < -0.4 is 0 Å². The van der Waals surface area contributed by atoms with Crippen LogP contribution in [0, 0.1) is 18.8 Å². The highest BCUT2D eigenvalue weighted by molar-refractivity contribution is 5.79. The van der Waals surface area contributed by atoms with Crippen LogP contribution in [0.2, 0.25) is 0 Å². The first-order valence-corrected chi connectivity index (χ1v) is 10.7. The third kappa shape index (κ3) is 6.91. The zero-order valence-electron chi connectivity index (χ0n) is 18.4. The fourth-order valence-corrected chi connectivity index (χ4v) is 3.73. The van der Waals surface area contributed by atoms with Crippen molar-refractivity contribution in [1.82, 2.24) is 4.90 Å². The van der Waals surface area contributed by atoms with Gasteiger partial charge in [-0.25, -0.2) is 0 Å². The Morgan fingerprint density at radius 1 is 1.32 bits per heavy atom. The Morgan fingerprint density at radius 2 is 2.07 bits per heavy atom. The zero-order valence-corrected chi connectivity index (χ0v) is 18.4. The Hall–Kier alpha value is -1.93. The molecule has 1 aromatic rings. The number of carbonyl (C=O) groups excluding carboxylic acids is 1. The normalized spacial score (nSPS) is 16.8. The summed E-state index contributed by atoms with van der Waals surface area (Å²) in [6, 6.07) is 6.93. The topological polar surface area (TPSA) is 20.3 Å². The van der Waals surface area contributed by atoms with Crippen molar-refractivity contribution >= 4 is 6.29 Å². The molecule has 2 nitrogen and oxygen atoms in total. The maximum absolute atomic E-state index is 11.7. The Morgan fingerprint density at radius 3 is 2.64 bits per heavy atom. The van der Waals surface area contributed by atoms with Crippen molar-refractivity contribution in [2.45, 2.75) is 59.9 Å². The first kappa shape index (κ1) is 22.4. The average Bonchev–Trinajstić information content (AvgIpc) is 3.49. The second kappa shape index (κ2) is 11.2. The van der Waals surface area contributed by atoms with Gasteiger partial charge in [0.05, 0.1) is 0 Å². The summed E-state index contributed by atoms with van der Waals surface area (Å²) in [6.07, 6.45) is 14.3. The number of carbonyl (C=O) groups is 1. The van der Waals surface area contributed by atoms with Crippen LogP contribution in [-0.4, -0.2) is 24.8 Å². The van der Waals surface area contributed by atoms with Gasteiger partial charge in [-0.1, -0.05) is 56.4 Å². The Bertz CT molecular complexity index is 737. The van der Waals surface area contributed by atoms with Crippen LogP contribution in [0.3, 0.4) is 0 Å². The summed E-state index contributed by atoms with van der Waals surface area (Å²) in [4.78, 5) is 14.0. The van der Waals surface area contributed by atoms with E-state index in [1.54, 1.807) is 0 Å². The fraction of sp³-hybridized carbons (Fsp3) is 0.500. The van der Waals surface area contributed by atoms with Gasteiger partial charge in [-0.2, -0.15) is 0 Å². The molecule has 0 spiro atoms. The molecule has 0 N–H and O–H groups in total. The first-order chi connectivity index (χ1) is 13.5. The molecule has 0 amide bonds. The summed E-state index contributed by atoms with van der Waals surface area (Å²) in [5.41, 5.74) is 6.25. The molecule has 0 aromatic heterocycles. The van der Waals surface area contributed by atoms with Gasteiger partial charge in [-0.3, -0.25) is 9.69 Å². The molecule has 0 saturated heterocycles. The Labute approximate surface area is 172 Å². The van der Waals surface area contributed by atoms with Crippen molar-refractivity contribution in [3.05, 3.63) is 70.3 Å². The molecule has 1 fully saturated rings. The molecule has 152 valence electrons. The lowest BCUT2D eigenvalue weighted by atomic mass is 9.94. The Balaban J connectivity index is 2.11. The minimum atomic E-state index is 0.251.